The third-order valence-corrected chi connectivity index (χ3v) is 7.60. The first kappa shape index (κ1) is 21.7. The number of fused-ring (bicyclic) bond motifs is 1. The molecule has 8 nitrogen and oxygen atoms in total. The van der Waals surface area contributed by atoms with E-state index in [2.05, 4.69) is 10.4 Å². The fourth-order valence-electron chi connectivity index (χ4n) is 4.29. The van der Waals surface area contributed by atoms with E-state index < -0.39 is 15.8 Å². The van der Waals surface area contributed by atoms with Crippen molar-refractivity contribution in [2.45, 2.75) is 24.9 Å². The van der Waals surface area contributed by atoms with Gasteiger partial charge < -0.3 is 10.2 Å². The van der Waals surface area contributed by atoms with Crippen LogP contribution in [-0.4, -0.2) is 36.6 Å². The van der Waals surface area contributed by atoms with Crippen LogP contribution in [0.15, 0.2) is 48.5 Å². The van der Waals surface area contributed by atoms with E-state index >= 15 is 0 Å². The van der Waals surface area contributed by atoms with E-state index in [-0.39, 0.29) is 36.3 Å². The Labute approximate surface area is 196 Å². The van der Waals surface area contributed by atoms with E-state index in [0.717, 1.165) is 11.3 Å². The lowest BCUT2D eigenvalue weighted by molar-refractivity contribution is -0.122. The lowest BCUT2D eigenvalue weighted by Crippen LogP contribution is -2.29. The number of aromatic nitrogens is 2. The quantitative estimate of drug-likeness (QED) is 0.612. The molecule has 0 aliphatic carbocycles. The number of nitrogens with one attached hydrogen (secondary N) is 1. The standard InChI is InChI=1S/C23H21ClN4O4S/c1-14-3-2-4-18(9-14)28-22(19-12-33(31,32)13-20(19)26-28)25-23(30)15-10-21(29)27(11-15)17-7-5-16(24)6-8-17/h2-9,15H,10-13H2,1H3,(H,25,30). The number of carbonyl (C=O) groups excluding carboxylic acids is 2. The molecule has 1 saturated heterocycles. The number of nitrogens with zero attached hydrogens (tertiary/aromatic N) is 3. The van der Waals surface area contributed by atoms with Gasteiger partial charge in [-0.25, -0.2) is 13.1 Å². The van der Waals surface area contributed by atoms with E-state index in [9.17, 15) is 18.0 Å². The van der Waals surface area contributed by atoms with Crippen molar-refractivity contribution < 1.29 is 18.0 Å². The molecule has 33 heavy (non-hydrogen) atoms. The van der Waals surface area contributed by atoms with Crippen LogP contribution in [0.3, 0.4) is 0 Å². The first-order valence-electron chi connectivity index (χ1n) is 10.5. The Balaban J connectivity index is 1.44. The van der Waals surface area contributed by atoms with Crippen LogP contribution in [-0.2, 0) is 30.9 Å². The summed E-state index contributed by atoms with van der Waals surface area (Å²) in [5.41, 5.74) is 3.35. The lowest BCUT2D eigenvalue weighted by atomic mass is 10.1. The van der Waals surface area contributed by atoms with Gasteiger partial charge in [0.2, 0.25) is 11.8 Å². The van der Waals surface area contributed by atoms with E-state index in [4.69, 9.17) is 11.6 Å². The third kappa shape index (κ3) is 4.14. The minimum atomic E-state index is -3.30. The van der Waals surface area contributed by atoms with E-state index in [1.807, 2.05) is 31.2 Å². The minimum Gasteiger partial charge on any atom is -0.312 e. The molecule has 0 saturated carbocycles. The Kier molecular flexibility index (Phi) is 5.25. The van der Waals surface area contributed by atoms with Gasteiger partial charge in [0.1, 0.15) is 5.82 Å². The molecule has 10 heteroatoms. The number of hydrogen-bond donors (Lipinski definition) is 1. The van der Waals surface area contributed by atoms with E-state index in [1.54, 1.807) is 33.8 Å². The summed E-state index contributed by atoms with van der Waals surface area (Å²) in [4.78, 5) is 27.4. The lowest BCUT2D eigenvalue weighted by Gasteiger charge is -2.17. The number of hydrogen-bond acceptors (Lipinski definition) is 5. The topological polar surface area (TPSA) is 101 Å². The van der Waals surface area contributed by atoms with Gasteiger partial charge in [0.25, 0.3) is 0 Å². The number of anilines is 2. The first-order chi connectivity index (χ1) is 15.7. The van der Waals surface area contributed by atoms with Crippen LogP contribution in [0, 0.1) is 12.8 Å². The SMILES string of the molecule is Cc1cccc(-n2nc3c(c2NC(=O)C2CC(=O)N(c4ccc(Cl)cc4)C2)CS(=O)(=O)C3)c1. The van der Waals surface area contributed by atoms with Crippen molar-refractivity contribution in [3.63, 3.8) is 0 Å². The van der Waals surface area contributed by atoms with Crippen molar-refractivity contribution in [1.82, 2.24) is 9.78 Å². The average Bonchev–Trinajstić information content (AvgIpc) is 3.39. The van der Waals surface area contributed by atoms with Crippen LogP contribution in [0.4, 0.5) is 11.5 Å². The molecule has 3 aromatic rings. The maximum absolute atomic E-state index is 13.2. The molecule has 2 aromatic carbocycles. The van der Waals surface area contributed by atoms with Gasteiger partial charge in [-0.3, -0.25) is 9.59 Å². The number of benzene rings is 2. The Morgan fingerprint density at radius 1 is 1.12 bits per heavy atom. The Bertz CT molecular complexity index is 1380. The van der Waals surface area contributed by atoms with Crippen LogP contribution < -0.4 is 10.2 Å². The van der Waals surface area contributed by atoms with Gasteiger partial charge in [-0.15, -0.1) is 0 Å². The average molecular weight is 485 g/mol. The van der Waals surface area contributed by atoms with Crippen molar-refractivity contribution in [2.24, 2.45) is 5.92 Å². The number of amides is 2. The molecular formula is C23H21ClN4O4S. The van der Waals surface area contributed by atoms with Crippen LogP contribution in [0.25, 0.3) is 5.69 Å². The summed E-state index contributed by atoms with van der Waals surface area (Å²) in [5, 5.41) is 7.95. The second-order valence-electron chi connectivity index (χ2n) is 8.43. The summed E-state index contributed by atoms with van der Waals surface area (Å²) in [5.74, 6) is -1.07. The predicted octanol–water partition coefficient (Wildman–Crippen LogP) is 3.25. The second-order valence-corrected chi connectivity index (χ2v) is 10.9. The number of carbonyl (C=O) groups is 2. The maximum atomic E-state index is 13.2. The minimum absolute atomic E-state index is 0.0630. The normalized spacial score (nSPS) is 19.0. The van der Waals surface area contributed by atoms with Crippen molar-refractivity contribution in [1.29, 1.82) is 0 Å². The fourth-order valence-corrected chi connectivity index (χ4v) is 5.91. The van der Waals surface area contributed by atoms with E-state index in [0.29, 0.717) is 27.8 Å². The second kappa shape index (κ2) is 8.00. The molecule has 1 atom stereocenters. The van der Waals surface area contributed by atoms with Crippen molar-refractivity contribution in [3.05, 3.63) is 70.4 Å². The monoisotopic (exact) mass is 484 g/mol. The highest BCUT2D eigenvalue weighted by molar-refractivity contribution is 7.90. The molecule has 0 radical (unpaired) electrons. The molecule has 2 aliphatic heterocycles. The Morgan fingerprint density at radius 2 is 1.88 bits per heavy atom. The van der Waals surface area contributed by atoms with Gasteiger partial charge in [0.05, 0.1) is 28.8 Å². The zero-order valence-corrected chi connectivity index (χ0v) is 19.4. The molecule has 0 bridgehead atoms. The van der Waals surface area contributed by atoms with Gasteiger partial charge in [0, 0.05) is 29.2 Å². The molecule has 1 N–H and O–H groups in total. The van der Waals surface area contributed by atoms with Crippen LogP contribution >= 0.6 is 11.6 Å². The number of aryl methyl sites for hydroxylation is 1. The highest BCUT2D eigenvalue weighted by Gasteiger charge is 2.38. The zero-order valence-electron chi connectivity index (χ0n) is 17.8. The molecule has 1 fully saturated rings. The molecule has 170 valence electrons. The van der Waals surface area contributed by atoms with Crippen molar-refractivity contribution in [3.8, 4) is 5.69 Å². The molecule has 2 aliphatic rings. The molecule has 3 heterocycles. The van der Waals surface area contributed by atoms with E-state index in [1.165, 1.54) is 0 Å². The largest absolute Gasteiger partial charge is 0.312 e. The number of rotatable bonds is 4. The van der Waals surface area contributed by atoms with Gasteiger partial charge >= 0.3 is 0 Å². The number of halogens is 1. The van der Waals surface area contributed by atoms with Crippen LogP contribution in [0.5, 0.6) is 0 Å². The Morgan fingerprint density at radius 3 is 2.61 bits per heavy atom. The molecule has 1 unspecified atom stereocenters. The maximum Gasteiger partial charge on any atom is 0.230 e. The first-order valence-corrected chi connectivity index (χ1v) is 12.7. The summed E-state index contributed by atoms with van der Waals surface area (Å²) in [6, 6.07) is 14.5. The third-order valence-electron chi connectivity index (χ3n) is 5.91. The fraction of sp³-hybridized carbons (Fsp3) is 0.261. The molecule has 2 amide bonds. The Hall–Kier alpha value is -3.17. The summed E-state index contributed by atoms with van der Waals surface area (Å²) < 4.78 is 26.0. The number of sulfone groups is 1. The van der Waals surface area contributed by atoms with Crippen molar-refractivity contribution >= 4 is 44.8 Å². The molecule has 5 rings (SSSR count). The highest BCUT2D eigenvalue weighted by Crippen LogP contribution is 2.34. The van der Waals surface area contributed by atoms with Crippen LogP contribution in [0.1, 0.15) is 23.2 Å². The summed E-state index contributed by atoms with van der Waals surface area (Å²) >= 11 is 5.94. The zero-order chi connectivity index (χ0) is 23.3. The predicted molar refractivity (Wildman–Crippen MR) is 125 cm³/mol. The smallest absolute Gasteiger partial charge is 0.230 e. The molecule has 0 spiro atoms. The van der Waals surface area contributed by atoms with Gasteiger partial charge in [-0.1, -0.05) is 23.7 Å². The van der Waals surface area contributed by atoms with Gasteiger partial charge in [-0.05, 0) is 48.9 Å². The summed E-state index contributed by atoms with van der Waals surface area (Å²) in [7, 11) is -3.30. The van der Waals surface area contributed by atoms with Gasteiger partial charge in [-0.2, -0.15) is 5.10 Å². The summed E-state index contributed by atoms with van der Waals surface area (Å²) in [6.45, 7) is 2.17. The highest BCUT2D eigenvalue weighted by atomic mass is 35.5. The molecular weight excluding hydrogens is 464 g/mol. The van der Waals surface area contributed by atoms with Crippen molar-refractivity contribution in [2.75, 3.05) is 16.8 Å². The molecule has 1 aromatic heterocycles. The van der Waals surface area contributed by atoms with Crippen LogP contribution in [0.2, 0.25) is 5.02 Å². The van der Waals surface area contributed by atoms with Gasteiger partial charge in [0.15, 0.2) is 9.84 Å². The summed E-state index contributed by atoms with van der Waals surface area (Å²) in [6.07, 6.45) is 0.0630.